The summed E-state index contributed by atoms with van der Waals surface area (Å²) in [5.41, 5.74) is 1.77. The van der Waals surface area contributed by atoms with Crippen LogP contribution in [0.1, 0.15) is 10.4 Å². The van der Waals surface area contributed by atoms with Crippen molar-refractivity contribution in [2.24, 2.45) is 0 Å². The first-order valence-corrected chi connectivity index (χ1v) is 7.93. The molecule has 1 amide bonds. The van der Waals surface area contributed by atoms with E-state index in [1.54, 1.807) is 36.5 Å². The first kappa shape index (κ1) is 15.8. The molecule has 0 atom stereocenters. The number of pyridine rings is 1. The topological polar surface area (TPSA) is 81.4 Å². The molecule has 1 N–H and O–H groups in total. The zero-order valence-electron chi connectivity index (χ0n) is 13.9. The van der Waals surface area contributed by atoms with E-state index in [9.17, 15) is 9.59 Å². The van der Waals surface area contributed by atoms with Gasteiger partial charge in [0.05, 0.1) is 19.0 Å². The third kappa shape index (κ3) is 2.57. The highest BCUT2D eigenvalue weighted by molar-refractivity contribution is 6.49. The number of rotatable bonds is 4. The van der Waals surface area contributed by atoms with Crippen LogP contribution in [0.5, 0.6) is 5.75 Å². The van der Waals surface area contributed by atoms with Gasteiger partial charge in [0.1, 0.15) is 5.58 Å². The standard InChI is InChI=1S/C20H14N2O4/c1-25-16-9-8-14(17-13-6-2-3-7-15(13)26-19(16)17)18(23)20(24)22-12-5-4-10-21-11-12/h2-11H,1H3,(H,22,24). The third-order valence-electron chi connectivity index (χ3n) is 4.08. The Morgan fingerprint density at radius 2 is 1.92 bits per heavy atom. The summed E-state index contributed by atoms with van der Waals surface area (Å²) in [4.78, 5) is 29.1. The lowest BCUT2D eigenvalue weighted by molar-refractivity contribution is -0.112. The smallest absolute Gasteiger partial charge is 0.296 e. The first-order chi connectivity index (χ1) is 12.7. The monoisotopic (exact) mass is 346 g/mol. The minimum Gasteiger partial charge on any atom is -0.493 e. The fourth-order valence-electron chi connectivity index (χ4n) is 2.90. The Balaban J connectivity index is 1.83. The summed E-state index contributed by atoms with van der Waals surface area (Å²) < 4.78 is 11.2. The zero-order valence-corrected chi connectivity index (χ0v) is 13.9. The Hall–Kier alpha value is -3.67. The molecule has 0 aliphatic carbocycles. The fourth-order valence-corrected chi connectivity index (χ4v) is 2.90. The second-order valence-electron chi connectivity index (χ2n) is 5.64. The van der Waals surface area contributed by atoms with E-state index in [0.717, 1.165) is 5.39 Å². The summed E-state index contributed by atoms with van der Waals surface area (Å²) in [6, 6.07) is 13.9. The average Bonchev–Trinajstić information content (AvgIpc) is 3.07. The van der Waals surface area contributed by atoms with E-state index in [4.69, 9.17) is 9.15 Å². The predicted octanol–water partition coefficient (Wildman–Crippen LogP) is 3.81. The van der Waals surface area contributed by atoms with Crippen molar-refractivity contribution in [2.45, 2.75) is 0 Å². The fraction of sp³-hybridized carbons (Fsp3) is 0.0500. The van der Waals surface area contributed by atoms with E-state index < -0.39 is 11.7 Å². The number of methoxy groups -OCH3 is 1. The number of nitrogens with zero attached hydrogens (tertiary/aromatic N) is 1. The molecule has 0 aliphatic heterocycles. The number of aromatic nitrogens is 1. The molecule has 0 saturated heterocycles. The molecule has 4 rings (SSSR count). The van der Waals surface area contributed by atoms with Crippen molar-refractivity contribution >= 4 is 39.3 Å². The van der Waals surface area contributed by atoms with Crippen LogP contribution in [0.25, 0.3) is 21.9 Å². The number of benzene rings is 2. The summed E-state index contributed by atoms with van der Waals surface area (Å²) in [6.45, 7) is 0. The highest BCUT2D eigenvalue weighted by Gasteiger charge is 2.24. The van der Waals surface area contributed by atoms with E-state index in [0.29, 0.717) is 28.0 Å². The molecule has 2 heterocycles. The molecule has 0 bridgehead atoms. The number of hydrogen-bond donors (Lipinski definition) is 1. The van der Waals surface area contributed by atoms with Crippen LogP contribution in [0.15, 0.2) is 65.3 Å². The molecular weight excluding hydrogens is 332 g/mol. The van der Waals surface area contributed by atoms with Gasteiger partial charge < -0.3 is 14.5 Å². The van der Waals surface area contributed by atoms with Crippen LogP contribution in [-0.4, -0.2) is 23.8 Å². The normalized spacial score (nSPS) is 10.8. The van der Waals surface area contributed by atoms with Gasteiger partial charge in [-0.3, -0.25) is 14.6 Å². The number of furan rings is 1. The molecule has 0 saturated carbocycles. The van der Waals surface area contributed by atoms with Crippen LogP contribution in [-0.2, 0) is 4.79 Å². The molecule has 0 fully saturated rings. The quantitative estimate of drug-likeness (QED) is 0.449. The van der Waals surface area contributed by atoms with Gasteiger partial charge in [-0.2, -0.15) is 0 Å². The van der Waals surface area contributed by atoms with Crippen LogP contribution in [0.3, 0.4) is 0 Å². The van der Waals surface area contributed by atoms with E-state index in [1.807, 2.05) is 18.2 Å². The van der Waals surface area contributed by atoms with Crippen molar-refractivity contribution in [1.29, 1.82) is 0 Å². The van der Waals surface area contributed by atoms with Gasteiger partial charge >= 0.3 is 0 Å². The molecule has 0 aliphatic rings. The Morgan fingerprint density at radius 3 is 2.69 bits per heavy atom. The zero-order chi connectivity index (χ0) is 18.1. The number of Topliss-reactive ketones (excluding diaryl/α,β-unsaturated/α-hetero) is 1. The van der Waals surface area contributed by atoms with E-state index in [-0.39, 0.29) is 5.56 Å². The molecule has 0 spiro atoms. The molecule has 6 nitrogen and oxygen atoms in total. The number of para-hydroxylation sites is 1. The molecular formula is C20H14N2O4. The van der Waals surface area contributed by atoms with Crippen LogP contribution in [0.4, 0.5) is 5.69 Å². The van der Waals surface area contributed by atoms with Crippen molar-refractivity contribution in [3.63, 3.8) is 0 Å². The number of fused-ring (bicyclic) bond motifs is 3. The molecule has 0 unspecified atom stereocenters. The second-order valence-corrected chi connectivity index (χ2v) is 5.64. The molecule has 26 heavy (non-hydrogen) atoms. The summed E-state index contributed by atoms with van der Waals surface area (Å²) in [7, 11) is 1.53. The Morgan fingerprint density at radius 1 is 1.08 bits per heavy atom. The Bertz CT molecular complexity index is 1130. The summed E-state index contributed by atoms with van der Waals surface area (Å²) >= 11 is 0. The first-order valence-electron chi connectivity index (χ1n) is 7.93. The van der Waals surface area contributed by atoms with Gasteiger partial charge in [0, 0.05) is 22.5 Å². The number of anilines is 1. The minimum absolute atomic E-state index is 0.257. The van der Waals surface area contributed by atoms with Gasteiger partial charge in [0.15, 0.2) is 11.3 Å². The molecule has 4 aromatic rings. The maximum absolute atomic E-state index is 12.8. The number of ketones is 1. The average molecular weight is 346 g/mol. The Labute approximate surface area is 148 Å². The van der Waals surface area contributed by atoms with Crippen molar-refractivity contribution in [3.05, 3.63) is 66.5 Å². The van der Waals surface area contributed by atoms with Crippen LogP contribution in [0.2, 0.25) is 0 Å². The Kier molecular flexibility index (Phi) is 3.85. The summed E-state index contributed by atoms with van der Waals surface area (Å²) in [5, 5.41) is 3.87. The largest absolute Gasteiger partial charge is 0.493 e. The van der Waals surface area contributed by atoms with Crippen molar-refractivity contribution in [2.75, 3.05) is 12.4 Å². The van der Waals surface area contributed by atoms with Gasteiger partial charge in [-0.1, -0.05) is 18.2 Å². The van der Waals surface area contributed by atoms with Gasteiger partial charge in [-0.15, -0.1) is 0 Å². The van der Waals surface area contributed by atoms with Crippen molar-refractivity contribution in [3.8, 4) is 5.75 Å². The lowest BCUT2D eigenvalue weighted by atomic mass is 10.0. The molecule has 2 aromatic heterocycles. The minimum atomic E-state index is -0.741. The van der Waals surface area contributed by atoms with Crippen LogP contribution in [0, 0.1) is 0 Å². The number of carbonyl (C=O) groups excluding carboxylic acids is 2. The maximum Gasteiger partial charge on any atom is 0.296 e. The van der Waals surface area contributed by atoms with E-state index >= 15 is 0 Å². The van der Waals surface area contributed by atoms with Crippen LogP contribution < -0.4 is 10.1 Å². The van der Waals surface area contributed by atoms with Gasteiger partial charge in [0.2, 0.25) is 0 Å². The third-order valence-corrected chi connectivity index (χ3v) is 4.08. The van der Waals surface area contributed by atoms with E-state index in [1.165, 1.54) is 13.3 Å². The SMILES string of the molecule is COc1ccc(C(=O)C(=O)Nc2cccnc2)c2c1oc1ccccc12. The summed E-state index contributed by atoms with van der Waals surface area (Å²) in [5.74, 6) is -0.900. The number of amides is 1. The van der Waals surface area contributed by atoms with Crippen LogP contribution >= 0.6 is 0 Å². The number of carbonyl (C=O) groups is 2. The number of nitrogens with one attached hydrogen (secondary N) is 1. The van der Waals surface area contributed by atoms with Gasteiger partial charge in [-0.25, -0.2) is 0 Å². The lowest BCUT2D eigenvalue weighted by Gasteiger charge is -2.07. The molecule has 6 heteroatoms. The molecule has 2 aromatic carbocycles. The second kappa shape index (κ2) is 6.33. The lowest BCUT2D eigenvalue weighted by Crippen LogP contribution is -2.23. The van der Waals surface area contributed by atoms with Crippen molar-refractivity contribution in [1.82, 2.24) is 4.98 Å². The number of hydrogen-bond acceptors (Lipinski definition) is 5. The predicted molar refractivity (Wildman–Crippen MR) is 97.5 cm³/mol. The van der Waals surface area contributed by atoms with Crippen molar-refractivity contribution < 1.29 is 18.7 Å². The maximum atomic E-state index is 12.8. The highest BCUT2D eigenvalue weighted by atomic mass is 16.5. The van der Waals surface area contributed by atoms with Gasteiger partial charge in [0.25, 0.3) is 11.7 Å². The molecule has 0 radical (unpaired) electrons. The summed E-state index contributed by atoms with van der Waals surface area (Å²) in [6.07, 6.45) is 3.06. The highest BCUT2D eigenvalue weighted by Crippen LogP contribution is 2.37. The molecule has 128 valence electrons. The van der Waals surface area contributed by atoms with Gasteiger partial charge in [-0.05, 0) is 30.3 Å². The van der Waals surface area contributed by atoms with E-state index in [2.05, 4.69) is 10.3 Å². The number of ether oxygens (including phenoxy) is 1.